The van der Waals surface area contributed by atoms with E-state index >= 15 is 0 Å². The molecule has 0 unspecified atom stereocenters. The van der Waals surface area contributed by atoms with Crippen molar-refractivity contribution in [1.82, 2.24) is 5.32 Å². The number of amides is 2. The highest BCUT2D eigenvalue weighted by Crippen LogP contribution is 2.29. The lowest BCUT2D eigenvalue weighted by Gasteiger charge is -2.15. The molecule has 0 aromatic heterocycles. The van der Waals surface area contributed by atoms with Gasteiger partial charge in [-0.2, -0.15) is 0 Å². The first-order valence-electron chi connectivity index (χ1n) is 9.70. The summed E-state index contributed by atoms with van der Waals surface area (Å²) in [6.45, 7) is 8.66. The number of carbonyl (C=O) groups is 2. The second-order valence-electron chi connectivity index (χ2n) is 6.17. The van der Waals surface area contributed by atoms with Crippen molar-refractivity contribution in [2.75, 3.05) is 31.7 Å². The van der Waals surface area contributed by atoms with Gasteiger partial charge < -0.3 is 24.8 Å². The Labute approximate surface area is 171 Å². The van der Waals surface area contributed by atoms with E-state index in [1.807, 2.05) is 33.8 Å². The Morgan fingerprint density at radius 3 is 2.41 bits per heavy atom. The van der Waals surface area contributed by atoms with Gasteiger partial charge >= 0.3 is 0 Å². The van der Waals surface area contributed by atoms with Crippen molar-refractivity contribution in [2.45, 2.75) is 27.7 Å². The summed E-state index contributed by atoms with van der Waals surface area (Å²) in [7, 11) is 0. The monoisotopic (exact) mass is 400 g/mol. The van der Waals surface area contributed by atoms with Crippen LogP contribution >= 0.6 is 0 Å². The molecule has 2 rings (SSSR count). The third kappa shape index (κ3) is 6.14. The van der Waals surface area contributed by atoms with Crippen LogP contribution in [-0.2, 0) is 4.79 Å². The zero-order valence-electron chi connectivity index (χ0n) is 17.3. The third-order valence-corrected chi connectivity index (χ3v) is 3.98. The van der Waals surface area contributed by atoms with Gasteiger partial charge in [0.15, 0.2) is 6.61 Å². The van der Waals surface area contributed by atoms with Crippen LogP contribution in [0.3, 0.4) is 0 Å². The fraction of sp³-hybridized carbons (Fsp3) is 0.364. The predicted molar refractivity (Wildman–Crippen MR) is 112 cm³/mol. The maximum atomic E-state index is 12.5. The number of aryl methyl sites for hydroxylation is 1. The largest absolute Gasteiger partial charge is 0.494 e. The molecule has 2 aromatic rings. The molecule has 0 fully saturated rings. The van der Waals surface area contributed by atoms with Gasteiger partial charge in [0.2, 0.25) is 0 Å². The lowest BCUT2D eigenvalue weighted by molar-refractivity contribution is -0.118. The SMILES string of the molecule is CCNC(=O)c1cccc(C)c1OCC(=O)Nc1cc(OCC)ccc1OCC. The van der Waals surface area contributed by atoms with E-state index in [9.17, 15) is 9.59 Å². The van der Waals surface area contributed by atoms with Crippen molar-refractivity contribution in [2.24, 2.45) is 0 Å². The second kappa shape index (κ2) is 10.9. The maximum absolute atomic E-state index is 12.5. The van der Waals surface area contributed by atoms with Crippen LogP contribution in [0.2, 0.25) is 0 Å². The number of ether oxygens (including phenoxy) is 3. The van der Waals surface area contributed by atoms with Gasteiger partial charge in [-0.15, -0.1) is 0 Å². The van der Waals surface area contributed by atoms with Crippen molar-refractivity contribution in [3.05, 3.63) is 47.5 Å². The normalized spacial score (nSPS) is 10.2. The van der Waals surface area contributed by atoms with Crippen LogP contribution in [0.5, 0.6) is 17.2 Å². The molecule has 156 valence electrons. The number of para-hydroxylation sites is 1. The summed E-state index contributed by atoms with van der Waals surface area (Å²) >= 11 is 0. The number of anilines is 1. The molecular formula is C22H28N2O5. The summed E-state index contributed by atoms with van der Waals surface area (Å²) in [5, 5.41) is 5.53. The lowest BCUT2D eigenvalue weighted by atomic mass is 10.1. The standard InChI is InChI=1S/C22H28N2O5/c1-5-23-22(26)17-10-8-9-15(4)21(17)29-14-20(25)24-18-13-16(27-6-2)11-12-19(18)28-7-3/h8-13H,5-7,14H2,1-4H3,(H,23,26)(H,24,25). The maximum Gasteiger partial charge on any atom is 0.262 e. The number of carbonyl (C=O) groups excluding carboxylic acids is 2. The molecule has 0 heterocycles. The van der Waals surface area contributed by atoms with Crippen LogP contribution < -0.4 is 24.8 Å². The summed E-state index contributed by atoms with van der Waals surface area (Å²) in [5.41, 5.74) is 1.67. The average Bonchev–Trinajstić information content (AvgIpc) is 2.69. The number of nitrogens with one attached hydrogen (secondary N) is 2. The molecule has 29 heavy (non-hydrogen) atoms. The molecule has 7 heteroatoms. The Morgan fingerprint density at radius 2 is 1.72 bits per heavy atom. The van der Waals surface area contributed by atoms with Crippen LogP contribution in [0.1, 0.15) is 36.7 Å². The molecule has 0 spiro atoms. The molecule has 2 N–H and O–H groups in total. The van der Waals surface area contributed by atoms with Crippen molar-refractivity contribution in [3.63, 3.8) is 0 Å². The third-order valence-electron chi connectivity index (χ3n) is 3.98. The fourth-order valence-electron chi connectivity index (χ4n) is 2.75. The first kappa shape index (κ1) is 22.1. The van der Waals surface area contributed by atoms with E-state index in [4.69, 9.17) is 14.2 Å². The topological polar surface area (TPSA) is 85.9 Å². The summed E-state index contributed by atoms with van der Waals surface area (Å²) in [6.07, 6.45) is 0. The highest BCUT2D eigenvalue weighted by molar-refractivity contribution is 5.98. The van der Waals surface area contributed by atoms with E-state index in [1.165, 1.54) is 0 Å². The van der Waals surface area contributed by atoms with Crippen molar-refractivity contribution < 1.29 is 23.8 Å². The first-order valence-corrected chi connectivity index (χ1v) is 9.70. The Hall–Kier alpha value is -3.22. The minimum atomic E-state index is -0.371. The summed E-state index contributed by atoms with van der Waals surface area (Å²) in [5.74, 6) is 0.953. The van der Waals surface area contributed by atoms with Gasteiger partial charge in [-0.3, -0.25) is 9.59 Å². The van der Waals surface area contributed by atoms with E-state index in [0.717, 1.165) is 5.56 Å². The van der Waals surface area contributed by atoms with Crippen LogP contribution in [0.15, 0.2) is 36.4 Å². The Kier molecular flexibility index (Phi) is 8.33. The Bertz CT molecular complexity index is 851. The van der Waals surface area contributed by atoms with Gasteiger partial charge in [0.05, 0.1) is 24.5 Å². The second-order valence-corrected chi connectivity index (χ2v) is 6.17. The van der Waals surface area contributed by atoms with Crippen LogP contribution in [0, 0.1) is 6.92 Å². The molecule has 0 aliphatic heterocycles. The first-order chi connectivity index (χ1) is 14.0. The zero-order chi connectivity index (χ0) is 21.2. The molecule has 0 bridgehead atoms. The number of rotatable bonds is 10. The molecule has 0 aliphatic rings. The minimum Gasteiger partial charge on any atom is -0.494 e. The van der Waals surface area contributed by atoms with E-state index in [0.29, 0.717) is 48.3 Å². The minimum absolute atomic E-state index is 0.241. The van der Waals surface area contributed by atoms with E-state index in [1.54, 1.807) is 30.3 Å². The van der Waals surface area contributed by atoms with Crippen LogP contribution in [0.4, 0.5) is 5.69 Å². The molecule has 2 aromatic carbocycles. The van der Waals surface area contributed by atoms with Gasteiger partial charge in [0.25, 0.3) is 11.8 Å². The van der Waals surface area contributed by atoms with Crippen molar-refractivity contribution >= 4 is 17.5 Å². The molecule has 0 radical (unpaired) electrons. The van der Waals surface area contributed by atoms with Crippen molar-refractivity contribution in [3.8, 4) is 17.2 Å². The van der Waals surface area contributed by atoms with Crippen LogP contribution in [0.25, 0.3) is 0 Å². The molecule has 0 saturated carbocycles. The van der Waals surface area contributed by atoms with Crippen LogP contribution in [-0.4, -0.2) is 38.2 Å². The Morgan fingerprint density at radius 1 is 0.966 bits per heavy atom. The predicted octanol–water partition coefficient (Wildman–Crippen LogP) is 3.56. The smallest absolute Gasteiger partial charge is 0.262 e. The molecule has 2 amide bonds. The highest BCUT2D eigenvalue weighted by atomic mass is 16.5. The lowest BCUT2D eigenvalue weighted by Crippen LogP contribution is -2.25. The molecule has 0 aliphatic carbocycles. The highest BCUT2D eigenvalue weighted by Gasteiger charge is 2.16. The average molecular weight is 400 g/mol. The van der Waals surface area contributed by atoms with Gasteiger partial charge in [0.1, 0.15) is 17.2 Å². The Balaban J connectivity index is 2.13. The summed E-state index contributed by atoms with van der Waals surface area (Å²) in [4.78, 5) is 24.7. The summed E-state index contributed by atoms with van der Waals surface area (Å²) in [6, 6.07) is 10.5. The molecular weight excluding hydrogens is 372 g/mol. The number of hydrogen-bond donors (Lipinski definition) is 2. The van der Waals surface area contributed by atoms with E-state index in [2.05, 4.69) is 10.6 Å². The summed E-state index contributed by atoms with van der Waals surface area (Å²) < 4.78 is 16.8. The molecule has 0 saturated heterocycles. The van der Waals surface area contributed by atoms with Gasteiger partial charge in [-0.25, -0.2) is 0 Å². The quantitative estimate of drug-likeness (QED) is 0.637. The van der Waals surface area contributed by atoms with E-state index < -0.39 is 0 Å². The van der Waals surface area contributed by atoms with E-state index in [-0.39, 0.29) is 18.4 Å². The fourth-order valence-corrected chi connectivity index (χ4v) is 2.75. The van der Waals surface area contributed by atoms with Gasteiger partial charge in [-0.05, 0) is 51.5 Å². The number of hydrogen-bond acceptors (Lipinski definition) is 5. The zero-order valence-corrected chi connectivity index (χ0v) is 17.3. The van der Waals surface area contributed by atoms with Gasteiger partial charge in [-0.1, -0.05) is 12.1 Å². The molecule has 0 atom stereocenters. The van der Waals surface area contributed by atoms with Crippen molar-refractivity contribution in [1.29, 1.82) is 0 Å². The van der Waals surface area contributed by atoms with Gasteiger partial charge in [0, 0.05) is 12.6 Å². The number of benzene rings is 2. The molecule has 7 nitrogen and oxygen atoms in total.